The minimum absolute atomic E-state index is 0.406. The van der Waals surface area contributed by atoms with Gasteiger partial charge in [0.05, 0.1) is 24.5 Å². The molecule has 5 heteroatoms. The van der Waals surface area contributed by atoms with Crippen LogP contribution in [0.1, 0.15) is 11.7 Å². The van der Waals surface area contributed by atoms with Crippen molar-refractivity contribution in [1.29, 1.82) is 0 Å². The van der Waals surface area contributed by atoms with Crippen LogP contribution < -0.4 is 0 Å². The van der Waals surface area contributed by atoms with Crippen LogP contribution in [0.2, 0.25) is 5.02 Å². The van der Waals surface area contributed by atoms with Gasteiger partial charge in [0.2, 0.25) is 0 Å². The standard InChI is InChI=1S/C15H14ClN3O/c16-13-5-3-12(4-6-13)15(20)11-19-10-14(9-17-19)18-7-1-2-8-18/h1-10,15,20H,11H2. The van der Waals surface area contributed by atoms with E-state index in [1.54, 1.807) is 23.0 Å². The van der Waals surface area contributed by atoms with Gasteiger partial charge in [0.25, 0.3) is 0 Å². The lowest BCUT2D eigenvalue weighted by Gasteiger charge is -2.11. The largest absolute Gasteiger partial charge is 0.386 e. The van der Waals surface area contributed by atoms with Gasteiger partial charge in [0.15, 0.2) is 0 Å². The zero-order valence-electron chi connectivity index (χ0n) is 10.7. The second-order valence-electron chi connectivity index (χ2n) is 4.58. The van der Waals surface area contributed by atoms with Crippen molar-refractivity contribution in [2.75, 3.05) is 0 Å². The van der Waals surface area contributed by atoms with E-state index in [4.69, 9.17) is 11.6 Å². The highest BCUT2D eigenvalue weighted by Crippen LogP contribution is 2.18. The Balaban J connectivity index is 1.73. The van der Waals surface area contributed by atoms with E-state index in [0.29, 0.717) is 11.6 Å². The van der Waals surface area contributed by atoms with E-state index in [2.05, 4.69) is 5.10 Å². The number of halogens is 1. The summed E-state index contributed by atoms with van der Waals surface area (Å²) in [4.78, 5) is 0. The fraction of sp³-hybridized carbons (Fsp3) is 0.133. The maximum Gasteiger partial charge on any atom is 0.0985 e. The molecule has 3 aromatic rings. The first kappa shape index (κ1) is 13.0. The van der Waals surface area contributed by atoms with Gasteiger partial charge >= 0.3 is 0 Å². The van der Waals surface area contributed by atoms with E-state index >= 15 is 0 Å². The number of rotatable bonds is 4. The maximum absolute atomic E-state index is 10.2. The molecule has 1 N–H and O–H groups in total. The number of hydrogen-bond acceptors (Lipinski definition) is 2. The summed E-state index contributed by atoms with van der Waals surface area (Å²) in [5.74, 6) is 0. The van der Waals surface area contributed by atoms with E-state index in [1.807, 2.05) is 47.4 Å². The summed E-state index contributed by atoms with van der Waals surface area (Å²) in [5.41, 5.74) is 1.80. The minimum atomic E-state index is -0.607. The summed E-state index contributed by atoms with van der Waals surface area (Å²) in [5, 5.41) is 15.1. The van der Waals surface area contributed by atoms with Crippen molar-refractivity contribution in [1.82, 2.24) is 14.3 Å². The molecule has 0 aliphatic rings. The van der Waals surface area contributed by atoms with Crippen LogP contribution in [0.25, 0.3) is 5.69 Å². The molecular weight excluding hydrogens is 274 g/mol. The summed E-state index contributed by atoms with van der Waals surface area (Å²) in [6, 6.07) is 11.1. The van der Waals surface area contributed by atoms with Crippen molar-refractivity contribution >= 4 is 11.6 Å². The summed E-state index contributed by atoms with van der Waals surface area (Å²) >= 11 is 5.83. The van der Waals surface area contributed by atoms with Gasteiger partial charge in [-0.1, -0.05) is 23.7 Å². The van der Waals surface area contributed by atoms with Crippen LogP contribution in [0.15, 0.2) is 61.2 Å². The molecule has 0 fully saturated rings. The number of aliphatic hydroxyl groups excluding tert-OH is 1. The van der Waals surface area contributed by atoms with E-state index < -0.39 is 6.10 Å². The first-order valence-electron chi connectivity index (χ1n) is 6.32. The third-order valence-corrected chi connectivity index (χ3v) is 3.39. The average Bonchev–Trinajstić information content (AvgIpc) is 3.09. The van der Waals surface area contributed by atoms with E-state index in [1.165, 1.54) is 0 Å². The molecule has 0 amide bonds. The minimum Gasteiger partial charge on any atom is -0.386 e. The summed E-state index contributed by atoms with van der Waals surface area (Å²) in [7, 11) is 0. The number of aliphatic hydroxyl groups is 1. The second kappa shape index (κ2) is 5.53. The third-order valence-electron chi connectivity index (χ3n) is 3.14. The molecule has 1 atom stereocenters. The monoisotopic (exact) mass is 287 g/mol. The van der Waals surface area contributed by atoms with Crippen molar-refractivity contribution in [3.05, 3.63) is 71.8 Å². The van der Waals surface area contributed by atoms with Gasteiger partial charge in [-0.2, -0.15) is 5.10 Å². The topological polar surface area (TPSA) is 43.0 Å². The van der Waals surface area contributed by atoms with Gasteiger partial charge in [-0.25, -0.2) is 0 Å². The lowest BCUT2D eigenvalue weighted by molar-refractivity contribution is 0.151. The molecule has 4 nitrogen and oxygen atoms in total. The van der Waals surface area contributed by atoms with Crippen LogP contribution in [0.4, 0.5) is 0 Å². The molecule has 0 saturated carbocycles. The number of benzene rings is 1. The predicted octanol–water partition coefficient (Wildman–Crippen LogP) is 3.06. The van der Waals surface area contributed by atoms with Crippen molar-refractivity contribution in [2.24, 2.45) is 0 Å². The number of hydrogen-bond donors (Lipinski definition) is 1. The van der Waals surface area contributed by atoms with Gasteiger partial charge < -0.3 is 9.67 Å². The lowest BCUT2D eigenvalue weighted by Crippen LogP contribution is -2.08. The Morgan fingerprint density at radius 3 is 2.55 bits per heavy atom. The maximum atomic E-state index is 10.2. The third kappa shape index (κ3) is 2.76. The zero-order valence-corrected chi connectivity index (χ0v) is 11.5. The van der Waals surface area contributed by atoms with Gasteiger partial charge in [-0.3, -0.25) is 4.68 Å². The van der Waals surface area contributed by atoms with Gasteiger partial charge in [0, 0.05) is 23.6 Å². The number of aromatic nitrogens is 3. The molecule has 20 heavy (non-hydrogen) atoms. The molecule has 3 rings (SSSR count). The summed E-state index contributed by atoms with van der Waals surface area (Å²) in [6.45, 7) is 0.406. The van der Waals surface area contributed by atoms with Crippen LogP contribution in [-0.2, 0) is 6.54 Å². The second-order valence-corrected chi connectivity index (χ2v) is 5.01. The zero-order chi connectivity index (χ0) is 13.9. The highest BCUT2D eigenvalue weighted by atomic mass is 35.5. The van der Waals surface area contributed by atoms with Crippen LogP contribution in [0.5, 0.6) is 0 Å². The fourth-order valence-electron chi connectivity index (χ4n) is 2.06. The molecule has 0 bridgehead atoms. The molecule has 0 radical (unpaired) electrons. The Kier molecular flexibility index (Phi) is 3.58. The van der Waals surface area contributed by atoms with Gasteiger partial charge in [-0.05, 0) is 29.8 Å². The van der Waals surface area contributed by atoms with E-state index in [-0.39, 0.29) is 0 Å². The molecule has 1 unspecified atom stereocenters. The average molecular weight is 288 g/mol. The highest BCUT2D eigenvalue weighted by Gasteiger charge is 2.09. The van der Waals surface area contributed by atoms with Crippen molar-refractivity contribution in [3.8, 4) is 5.69 Å². The van der Waals surface area contributed by atoms with E-state index in [9.17, 15) is 5.11 Å². The number of nitrogens with zero attached hydrogens (tertiary/aromatic N) is 3. The summed E-state index contributed by atoms with van der Waals surface area (Å²) in [6.07, 6.45) is 6.98. The Labute approximate surface area is 121 Å². The Morgan fingerprint density at radius 2 is 1.85 bits per heavy atom. The summed E-state index contributed by atoms with van der Waals surface area (Å²) < 4.78 is 3.70. The Morgan fingerprint density at radius 1 is 1.15 bits per heavy atom. The Bertz CT molecular complexity index is 673. The molecule has 2 heterocycles. The predicted molar refractivity (Wildman–Crippen MR) is 78.0 cm³/mol. The van der Waals surface area contributed by atoms with Gasteiger partial charge in [0.1, 0.15) is 0 Å². The van der Waals surface area contributed by atoms with Crippen LogP contribution in [0, 0.1) is 0 Å². The normalized spacial score (nSPS) is 12.5. The van der Waals surface area contributed by atoms with Crippen molar-refractivity contribution < 1.29 is 5.11 Å². The first-order chi connectivity index (χ1) is 9.72. The van der Waals surface area contributed by atoms with Crippen LogP contribution in [-0.4, -0.2) is 19.5 Å². The highest BCUT2D eigenvalue weighted by molar-refractivity contribution is 6.30. The molecular formula is C15H14ClN3O. The molecule has 0 aliphatic carbocycles. The van der Waals surface area contributed by atoms with Crippen LogP contribution in [0.3, 0.4) is 0 Å². The van der Waals surface area contributed by atoms with Crippen molar-refractivity contribution in [3.63, 3.8) is 0 Å². The first-order valence-corrected chi connectivity index (χ1v) is 6.69. The molecule has 102 valence electrons. The molecule has 0 aliphatic heterocycles. The lowest BCUT2D eigenvalue weighted by atomic mass is 10.1. The fourth-order valence-corrected chi connectivity index (χ4v) is 2.19. The SMILES string of the molecule is OC(Cn1cc(-n2cccc2)cn1)c1ccc(Cl)cc1. The molecule has 0 saturated heterocycles. The molecule has 1 aromatic carbocycles. The smallest absolute Gasteiger partial charge is 0.0985 e. The van der Waals surface area contributed by atoms with Gasteiger partial charge in [-0.15, -0.1) is 0 Å². The Hall–Kier alpha value is -2.04. The molecule has 2 aromatic heterocycles. The van der Waals surface area contributed by atoms with Crippen molar-refractivity contribution in [2.45, 2.75) is 12.6 Å². The quantitative estimate of drug-likeness (QED) is 0.801. The van der Waals surface area contributed by atoms with Crippen LogP contribution >= 0.6 is 11.6 Å². The van der Waals surface area contributed by atoms with E-state index in [0.717, 1.165) is 11.3 Å². The molecule has 0 spiro atoms.